The maximum Gasteiger partial charge on any atom is 0.263 e. The summed E-state index contributed by atoms with van der Waals surface area (Å²) in [5.74, 6) is -0.394. The molecule has 20 heavy (non-hydrogen) atoms. The van der Waals surface area contributed by atoms with Crippen LogP contribution in [0.1, 0.15) is 23.1 Å². The summed E-state index contributed by atoms with van der Waals surface area (Å²) in [6.07, 6.45) is -0.00865. The summed E-state index contributed by atoms with van der Waals surface area (Å²) < 4.78 is 37.8. The van der Waals surface area contributed by atoms with E-state index >= 15 is 0 Å². The number of benzene rings is 2. The number of hydrogen-bond acceptors (Lipinski definition) is 2. The van der Waals surface area contributed by atoms with Crippen LogP contribution in [0.3, 0.4) is 0 Å². The molecule has 0 N–H and O–H groups in total. The Hall–Kier alpha value is -2.30. The molecule has 0 unspecified atom stereocenters. The molecule has 0 saturated heterocycles. The van der Waals surface area contributed by atoms with Gasteiger partial charge in [-0.25, -0.2) is 13.2 Å². The van der Waals surface area contributed by atoms with Crippen molar-refractivity contribution in [1.29, 1.82) is 0 Å². The highest BCUT2D eigenvalue weighted by Crippen LogP contribution is 2.19. The minimum Gasteiger partial charge on any atom is -0.390 e. The SMILES string of the molecule is Fc1cccc(/[C]=N\OCc2cccc(C(F)F)c2)c1. The van der Waals surface area contributed by atoms with E-state index in [-0.39, 0.29) is 12.2 Å². The predicted molar refractivity (Wildman–Crippen MR) is 69.1 cm³/mol. The Labute approximate surface area is 114 Å². The minimum absolute atomic E-state index is 0.0445. The van der Waals surface area contributed by atoms with Crippen molar-refractivity contribution in [2.45, 2.75) is 13.0 Å². The van der Waals surface area contributed by atoms with E-state index in [2.05, 4.69) is 11.4 Å². The third-order valence-electron chi connectivity index (χ3n) is 2.50. The lowest BCUT2D eigenvalue weighted by Gasteiger charge is -2.03. The van der Waals surface area contributed by atoms with E-state index in [0.717, 1.165) is 0 Å². The standard InChI is InChI=1S/C15H11F3NO/c16-14-6-2-3-11(8-14)9-19-20-10-12-4-1-5-13(7-12)15(17)18/h1-8,15H,10H2. The Morgan fingerprint density at radius 2 is 1.90 bits per heavy atom. The Kier molecular flexibility index (Phi) is 4.76. The van der Waals surface area contributed by atoms with Crippen molar-refractivity contribution in [2.24, 2.45) is 5.16 Å². The zero-order valence-corrected chi connectivity index (χ0v) is 10.4. The van der Waals surface area contributed by atoms with Gasteiger partial charge in [0.15, 0.2) is 0 Å². The molecule has 0 aromatic heterocycles. The van der Waals surface area contributed by atoms with Gasteiger partial charge in [-0.2, -0.15) is 0 Å². The molecule has 2 aromatic rings. The smallest absolute Gasteiger partial charge is 0.263 e. The van der Waals surface area contributed by atoms with Crippen LogP contribution in [-0.4, -0.2) is 6.21 Å². The van der Waals surface area contributed by atoms with E-state index in [9.17, 15) is 13.2 Å². The van der Waals surface area contributed by atoms with Crippen LogP contribution in [0.15, 0.2) is 53.7 Å². The summed E-state index contributed by atoms with van der Waals surface area (Å²) in [5.41, 5.74) is 0.947. The van der Waals surface area contributed by atoms with Crippen molar-refractivity contribution in [2.75, 3.05) is 0 Å². The van der Waals surface area contributed by atoms with E-state index in [1.165, 1.54) is 36.4 Å². The van der Waals surface area contributed by atoms with E-state index < -0.39 is 12.2 Å². The highest BCUT2D eigenvalue weighted by atomic mass is 19.3. The predicted octanol–water partition coefficient (Wildman–Crippen LogP) is 4.19. The second kappa shape index (κ2) is 6.75. The van der Waals surface area contributed by atoms with E-state index in [1.54, 1.807) is 12.1 Å². The fourth-order valence-corrected chi connectivity index (χ4v) is 1.57. The molecular formula is C15H11F3NO. The first-order valence-corrected chi connectivity index (χ1v) is 5.86. The van der Waals surface area contributed by atoms with Gasteiger partial charge in [0.25, 0.3) is 6.43 Å². The molecule has 0 aliphatic carbocycles. The van der Waals surface area contributed by atoms with Gasteiger partial charge in [0.1, 0.15) is 18.6 Å². The van der Waals surface area contributed by atoms with Gasteiger partial charge >= 0.3 is 0 Å². The average molecular weight is 278 g/mol. The number of nitrogens with zero attached hydrogens (tertiary/aromatic N) is 1. The van der Waals surface area contributed by atoms with Gasteiger partial charge < -0.3 is 4.84 Å². The Morgan fingerprint density at radius 1 is 1.10 bits per heavy atom. The summed E-state index contributed by atoms with van der Waals surface area (Å²) in [5, 5.41) is 3.55. The topological polar surface area (TPSA) is 21.6 Å². The molecule has 5 heteroatoms. The first-order chi connectivity index (χ1) is 9.65. The summed E-state index contributed by atoms with van der Waals surface area (Å²) in [7, 11) is 0. The number of halogens is 3. The minimum atomic E-state index is -2.52. The second-order valence-electron chi connectivity index (χ2n) is 4.03. The Morgan fingerprint density at radius 3 is 2.65 bits per heavy atom. The summed E-state index contributed by atoms with van der Waals surface area (Å²) in [6, 6.07) is 11.6. The first kappa shape index (κ1) is 14.1. The third-order valence-corrected chi connectivity index (χ3v) is 2.50. The van der Waals surface area contributed by atoms with Gasteiger partial charge in [0, 0.05) is 11.1 Å². The molecule has 0 aliphatic rings. The molecule has 0 bridgehead atoms. The summed E-state index contributed by atoms with van der Waals surface area (Å²) >= 11 is 0. The highest BCUT2D eigenvalue weighted by molar-refractivity contribution is 5.78. The molecule has 0 aliphatic heterocycles. The van der Waals surface area contributed by atoms with Crippen LogP contribution in [0.5, 0.6) is 0 Å². The molecule has 2 rings (SSSR count). The molecular weight excluding hydrogens is 267 g/mol. The van der Waals surface area contributed by atoms with Crippen LogP contribution < -0.4 is 0 Å². The normalized spacial score (nSPS) is 11.2. The Balaban J connectivity index is 1.91. The maximum atomic E-state index is 12.9. The van der Waals surface area contributed by atoms with Gasteiger partial charge in [-0.3, -0.25) is 0 Å². The third kappa shape index (κ3) is 4.12. The van der Waals surface area contributed by atoms with Crippen molar-refractivity contribution in [3.05, 3.63) is 71.0 Å². The molecule has 0 heterocycles. The van der Waals surface area contributed by atoms with Gasteiger partial charge in [-0.05, 0) is 23.8 Å². The fraction of sp³-hybridized carbons (Fsp3) is 0.133. The van der Waals surface area contributed by atoms with Crippen molar-refractivity contribution in [3.63, 3.8) is 0 Å². The number of hydrogen-bond donors (Lipinski definition) is 0. The molecule has 0 saturated carbocycles. The molecule has 2 aromatic carbocycles. The number of alkyl halides is 2. The quantitative estimate of drug-likeness (QED) is 0.593. The molecule has 0 amide bonds. The van der Waals surface area contributed by atoms with Crippen LogP contribution in [-0.2, 0) is 11.4 Å². The molecule has 103 valence electrons. The van der Waals surface area contributed by atoms with Crippen LogP contribution in [0.2, 0.25) is 0 Å². The summed E-state index contributed by atoms with van der Waals surface area (Å²) in [4.78, 5) is 4.94. The monoisotopic (exact) mass is 278 g/mol. The van der Waals surface area contributed by atoms with Crippen LogP contribution >= 0.6 is 0 Å². The van der Waals surface area contributed by atoms with Crippen molar-refractivity contribution < 1.29 is 18.0 Å². The largest absolute Gasteiger partial charge is 0.390 e. The number of rotatable bonds is 5. The van der Waals surface area contributed by atoms with Crippen molar-refractivity contribution >= 4 is 6.21 Å². The summed E-state index contributed by atoms with van der Waals surface area (Å²) in [6.45, 7) is 0.0445. The average Bonchev–Trinajstić information content (AvgIpc) is 2.44. The second-order valence-corrected chi connectivity index (χ2v) is 4.03. The highest BCUT2D eigenvalue weighted by Gasteiger charge is 2.06. The van der Waals surface area contributed by atoms with E-state index in [0.29, 0.717) is 11.1 Å². The Bertz CT molecular complexity index is 599. The van der Waals surface area contributed by atoms with Gasteiger partial charge in [0.05, 0.1) is 0 Å². The van der Waals surface area contributed by atoms with Gasteiger partial charge in [-0.15, -0.1) is 0 Å². The van der Waals surface area contributed by atoms with E-state index in [4.69, 9.17) is 4.84 Å². The van der Waals surface area contributed by atoms with Crippen LogP contribution in [0.25, 0.3) is 0 Å². The lowest BCUT2D eigenvalue weighted by molar-refractivity contribution is 0.130. The fourth-order valence-electron chi connectivity index (χ4n) is 1.57. The molecule has 1 radical (unpaired) electrons. The van der Waals surface area contributed by atoms with Crippen molar-refractivity contribution in [3.8, 4) is 0 Å². The molecule has 2 nitrogen and oxygen atoms in total. The van der Waals surface area contributed by atoms with E-state index in [1.807, 2.05) is 0 Å². The molecule has 0 spiro atoms. The zero-order chi connectivity index (χ0) is 14.4. The van der Waals surface area contributed by atoms with Crippen LogP contribution in [0.4, 0.5) is 13.2 Å². The van der Waals surface area contributed by atoms with Gasteiger partial charge in [0.2, 0.25) is 0 Å². The zero-order valence-electron chi connectivity index (χ0n) is 10.4. The van der Waals surface area contributed by atoms with Crippen LogP contribution in [0, 0.1) is 5.82 Å². The first-order valence-electron chi connectivity index (χ1n) is 5.86. The molecule has 0 fully saturated rings. The lowest BCUT2D eigenvalue weighted by Crippen LogP contribution is -1.91. The maximum absolute atomic E-state index is 12.9. The molecule has 0 atom stereocenters. The van der Waals surface area contributed by atoms with Gasteiger partial charge in [-0.1, -0.05) is 35.5 Å². The lowest BCUT2D eigenvalue weighted by atomic mass is 10.1. The van der Waals surface area contributed by atoms with Crippen molar-refractivity contribution in [1.82, 2.24) is 0 Å².